The SMILES string of the molecule is c1ccc2cc(-c3cccc4c(-c5ccc(-c6ccc(-c7ccc8ccccc8c7)c7c(-c8ccc9ccccc9c8)cccc67)c6ccccc56)ccc(-c5ccc6ccccc6c5)c34)ccc2c1. The summed E-state index contributed by atoms with van der Waals surface area (Å²) in [7, 11) is 0. The molecule has 0 atom stereocenters. The fraction of sp³-hybridized carbons (Fsp3) is 0. The molecule has 0 spiro atoms. The Morgan fingerprint density at radius 3 is 0.714 bits per heavy atom. The Morgan fingerprint density at radius 1 is 0.143 bits per heavy atom. The predicted octanol–water partition coefficient (Wildman–Crippen LogP) is 19.8. The highest BCUT2D eigenvalue weighted by Crippen LogP contribution is 2.47. The zero-order valence-corrected chi connectivity index (χ0v) is 38.4. The van der Waals surface area contributed by atoms with Crippen LogP contribution in [0.2, 0.25) is 0 Å². The van der Waals surface area contributed by atoms with E-state index in [1.54, 1.807) is 0 Å². The van der Waals surface area contributed by atoms with E-state index in [0.29, 0.717) is 0 Å². The van der Waals surface area contributed by atoms with Crippen LogP contribution < -0.4 is 0 Å². The molecular formula is C70H44. The van der Waals surface area contributed by atoms with Gasteiger partial charge in [-0.1, -0.05) is 243 Å². The van der Waals surface area contributed by atoms with Crippen LogP contribution in [0.25, 0.3) is 142 Å². The zero-order chi connectivity index (χ0) is 46.1. The van der Waals surface area contributed by atoms with Crippen molar-refractivity contribution in [2.24, 2.45) is 0 Å². The minimum Gasteiger partial charge on any atom is -0.0616 e. The fourth-order valence-electron chi connectivity index (χ4n) is 11.4. The van der Waals surface area contributed by atoms with Crippen molar-refractivity contribution >= 4 is 75.4 Å². The maximum atomic E-state index is 2.38. The summed E-state index contributed by atoms with van der Waals surface area (Å²) in [5.74, 6) is 0. The molecule has 70 heavy (non-hydrogen) atoms. The van der Waals surface area contributed by atoms with Crippen molar-refractivity contribution in [3.8, 4) is 66.8 Å². The van der Waals surface area contributed by atoms with Crippen LogP contribution in [0.5, 0.6) is 0 Å². The first-order valence-electron chi connectivity index (χ1n) is 24.3. The molecule has 0 aliphatic carbocycles. The Balaban J connectivity index is 0.992. The molecule has 0 fully saturated rings. The topological polar surface area (TPSA) is 0 Å². The Hall–Kier alpha value is -9.10. The summed E-state index contributed by atoms with van der Waals surface area (Å²) in [6.07, 6.45) is 0. The molecule has 0 aliphatic heterocycles. The highest BCUT2D eigenvalue weighted by molar-refractivity contribution is 6.19. The second kappa shape index (κ2) is 16.3. The average Bonchev–Trinajstić information content (AvgIpc) is 3.43. The summed E-state index contributed by atoms with van der Waals surface area (Å²) in [6, 6.07) is 99.3. The third-order valence-electron chi connectivity index (χ3n) is 14.8. The molecule has 0 saturated heterocycles. The molecule has 0 amide bonds. The third kappa shape index (κ3) is 6.61. The Bertz CT molecular complexity index is 3960. The first-order chi connectivity index (χ1) is 34.7. The maximum absolute atomic E-state index is 2.38. The van der Waals surface area contributed by atoms with Gasteiger partial charge in [-0.2, -0.15) is 0 Å². The van der Waals surface area contributed by atoms with Crippen molar-refractivity contribution in [2.45, 2.75) is 0 Å². The van der Waals surface area contributed by atoms with Crippen LogP contribution in [0.3, 0.4) is 0 Å². The molecule has 324 valence electrons. The van der Waals surface area contributed by atoms with Gasteiger partial charge in [0.1, 0.15) is 0 Å². The molecule has 14 aromatic rings. The molecule has 0 saturated carbocycles. The number of rotatable bonds is 6. The van der Waals surface area contributed by atoms with Crippen molar-refractivity contribution in [1.29, 1.82) is 0 Å². The Morgan fingerprint density at radius 2 is 0.386 bits per heavy atom. The van der Waals surface area contributed by atoms with E-state index in [1.807, 2.05) is 0 Å². The van der Waals surface area contributed by atoms with Crippen molar-refractivity contribution in [2.75, 3.05) is 0 Å². The summed E-state index contributed by atoms with van der Waals surface area (Å²) >= 11 is 0. The van der Waals surface area contributed by atoms with Crippen molar-refractivity contribution in [3.05, 3.63) is 267 Å². The standard InChI is InChI=1S/C70H44/c1-5-17-49-41-53(31-27-45(49)13-1)57-23-11-25-67-65(37-35-59(69(57)67)55-33-29-47-15-3-7-19-51(47)43-55)63-39-40-64(62-22-10-9-21-61(62)63)66-38-36-60(56-34-30-48-16-4-8-20-52(48)44-56)70-58(24-12-26-68(66)70)54-32-28-46-14-2-6-18-50(46)42-54/h1-44H. The van der Waals surface area contributed by atoms with Gasteiger partial charge in [0.15, 0.2) is 0 Å². The predicted molar refractivity (Wildman–Crippen MR) is 302 cm³/mol. The van der Waals surface area contributed by atoms with Crippen molar-refractivity contribution in [3.63, 3.8) is 0 Å². The van der Waals surface area contributed by atoms with Gasteiger partial charge in [0.25, 0.3) is 0 Å². The molecule has 0 aromatic heterocycles. The van der Waals surface area contributed by atoms with E-state index < -0.39 is 0 Å². The lowest BCUT2D eigenvalue weighted by Crippen LogP contribution is -1.93. The minimum atomic E-state index is 1.21. The quantitative estimate of drug-likeness (QED) is 0.156. The van der Waals surface area contributed by atoms with Gasteiger partial charge in [-0.3, -0.25) is 0 Å². The number of benzene rings is 14. The second-order valence-corrected chi connectivity index (χ2v) is 18.7. The molecule has 0 bridgehead atoms. The van der Waals surface area contributed by atoms with Crippen LogP contribution in [0.1, 0.15) is 0 Å². The minimum absolute atomic E-state index is 1.21. The van der Waals surface area contributed by atoms with E-state index in [9.17, 15) is 0 Å². The van der Waals surface area contributed by atoms with Crippen LogP contribution in [0, 0.1) is 0 Å². The van der Waals surface area contributed by atoms with E-state index in [0.717, 1.165) is 0 Å². The molecule has 0 heterocycles. The Labute approximate surface area is 407 Å². The molecule has 0 unspecified atom stereocenters. The largest absolute Gasteiger partial charge is 0.0616 e. The second-order valence-electron chi connectivity index (χ2n) is 18.7. The lowest BCUT2D eigenvalue weighted by Gasteiger charge is -2.20. The van der Waals surface area contributed by atoms with Crippen LogP contribution in [-0.4, -0.2) is 0 Å². The lowest BCUT2D eigenvalue weighted by molar-refractivity contribution is 1.63. The van der Waals surface area contributed by atoms with Gasteiger partial charge >= 0.3 is 0 Å². The number of hydrogen-bond acceptors (Lipinski definition) is 0. The highest BCUT2D eigenvalue weighted by Gasteiger charge is 2.20. The lowest BCUT2D eigenvalue weighted by atomic mass is 9.83. The maximum Gasteiger partial charge on any atom is -0.00206 e. The van der Waals surface area contributed by atoms with Crippen molar-refractivity contribution in [1.82, 2.24) is 0 Å². The van der Waals surface area contributed by atoms with Gasteiger partial charge in [0.05, 0.1) is 0 Å². The smallest absolute Gasteiger partial charge is 0.00206 e. The third-order valence-corrected chi connectivity index (χ3v) is 14.8. The first kappa shape index (κ1) is 40.0. The van der Waals surface area contributed by atoms with E-state index in [4.69, 9.17) is 0 Å². The van der Waals surface area contributed by atoms with Crippen LogP contribution in [-0.2, 0) is 0 Å². The molecule has 0 N–H and O–H groups in total. The summed E-state index contributed by atoms with van der Waals surface area (Å²) < 4.78 is 0. The monoisotopic (exact) mass is 884 g/mol. The number of hydrogen-bond donors (Lipinski definition) is 0. The zero-order valence-electron chi connectivity index (χ0n) is 38.4. The van der Waals surface area contributed by atoms with Gasteiger partial charge < -0.3 is 0 Å². The summed E-state index contributed by atoms with van der Waals surface area (Å²) in [4.78, 5) is 0. The summed E-state index contributed by atoms with van der Waals surface area (Å²) in [5.41, 5.74) is 14.7. The molecule has 0 aliphatic rings. The summed E-state index contributed by atoms with van der Waals surface area (Å²) in [5, 5.41) is 17.4. The molecule has 0 nitrogen and oxygen atoms in total. The highest BCUT2D eigenvalue weighted by atomic mass is 14.2. The van der Waals surface area contributed by atoms with Crippen LogP contribution >= 0.6 is 0 Å². The van der Waals surface area contributed by atoms with E-state index in [1.165, 1.54) is 142 Å². The molecule has 0 radical (unpaired) electrons. The van der Waals surface area contributed by atoms with Gasteiger partial charge in [0, 0.05) is 0 Å². The van der Waals surface area contributed by atoms with Gasteiger partial charge in [-0.25, -0.2) is 0 Å². The van der Waals surface area contributed by atoms with E-state index in [2.05, 4.69) is 267 Å². The van der Waals surface area contributed by atoms with E-state index >= 15 is 0 Å². The van der Waals surface area contributed by atoms with Crippen molar-refractivity contribution < 1.29 is 0 Å². The number of fused-ring (bicyclic) bond motifs is 7. The van der Waals surface area contributed by atoms with Gasteiger partial charge in [-0.15, -0.1) is 0 Å². The van der Waals surface area contributed by atoms with E-state index in [-0.39, 0.29) is 0 Å². The Kier molecular flexibility index (Phi) is 9.32. The fourth-order valence-corrected chi connectivity index (χ4v) is 11.4. The van der Waals surface area contributed by atoms with Gasteiger partial charge in [0.2, 0.25) is 0 Å². The molecule has 0 heteroatoms. The molecule has 14 rings (SSSR count). The van der Waals surface area contributed by atoms with Crippen LogP contribution in [0.15, 0.2) is 267 Å². The molecular weight excluding hydrogens is 841 g/mol. The first-order valence-corrected chi connectivity index (χ1v) is 24.3. The van der Waals surface area contributed by atoms with Crippen LogP contribution in [0.4, 0.5) is 0 Å². The van der Waals surface area contributed by atoms with Gasteiger partial charge in [-0.05, 0) is 166 Å². The normalized spacial score (nSPS) is 11.7. The molecule has 14 aromatic carbocycles. The average molecular weight is 885 g/mol. The summed E-state index contributed by atoms with van der Waals surface area (Å²) in [6.45, 7) is 0.